The summed E-state index contributed by atoms with van der Waals surface area (Å²) >= 11 is 0. The SMILES string of the molecule is [C-]#[N+]c1ccc2[nH]cc(C)c2c1. The summed E-state index contributed by atoms with van der Waals surface area (Å²) in [4.78, 5) is 6.51. The van der Waals surface area contributed by atoms with Crippen LogP contribution in [0, 0.1) is 13.5 Å². The Labute approximate surface area is 70.7 Å². The highest BCUT2D eigenvalue weighted by atomic mass is 14.7. The van der Waals surface area contributed by atoms with Crippen LogP contribution in [0.1, 0.15) is 5.56 Å². The molecule has 0 aliphatic rings. The maximum Gasteiger partial charge on any atom is 0.187 e. The molecular weight excluding hydrogens is 148 g/mol. The number of rotatable bonds is 0. The Kier molecular flexibility index (Phi) is 1.38. The molecule has 2 heteroatoms. The first-order valence-electron chi connectivity index (χ1n) is 3.76. The summed E-state index contributed by atoms with van der Waals surface area (Å²) in [5, 5.41) is 1.14. The van der Waals surface area contributed by atoms with Crippen LogP contribution in [0.2, 0.25) is 0 Å². The van der Waals surface area contributed by atoms with Crippen molar-refractivity contribution < 1.29 is 0 Å². The molecule has 2 rings (SSSR count). The van der Waals surface area contributed by atoms with Gasteiger partial charge in [0.1, 0.15) is 0 Å². The Hall–Kier alpha value is -1.75. The Bertz CT molecular complexity index is 460. The first-order valence-corrected chi connectivity index (χ1v) is 3.76. The molecule has 0 amide bonds. The number of nitrogens with zero attached hydrogens (tertiary/aromatic N) is 1. The van der Waals surface area contributed by atoms with Gasteiger partial charge in [-0.15, -0.1) is 0 Å². The molecule has 0 spiro atoms. The summed E-state index contributed by atoms with van der Waals surface area (Å²) in [5.41, 5.74) is 2.99. The van der Waals surface area contributed by atoms with E-state index in [9.17, 15) is 0 Å². The highest BCUT2D eigenvalue weighted by Gasteiger charge is 1.99. The third kappa shape index (κ3) is 0.876. The second-order valence-electron chi connectivity index (χ2n) is 2.81. The normalized spacial score (nSPS) is 10.0. The minimum atomic E-state index is 0.699. The lowest BCUT2D eigenvalue weighted by Crippen LogP contribution is -1.67. The van der Waals surface area contributed by atoms with E-state index in [1.165, 1.54) is 5.56 Å². The molecule has 0 saturated heterocycles. The first-order chi connectivity index (χ1) is 5.81. The molecule has 2 nitrogen and oxygen atoms in total. The van der Waals surface area contributed by atoms with E-state index in [4.69, 9.17) is 6.57 Å². The van der Waals surface area contributed by atoms with Crippen molar-refractivity contribution in [3.63, 3.8) is 0 Å². The largest absolute Gasteiger partial charge is 0.361 e. The zero-order valence-corrected chi connectivity index (χ0v) is 6.76. The van der Waals surface area contributed by atoms with E-state index in [0.29, 0.717) is 5.69 Å². The van der Waals surface area contributed by atoms with Crippen molar-refractivity contribution in [2.45, 2.75) is 6.92 Å². The standard InChI is InChI=1S/C10H8N2/c1-7-6-12-10-4-3-8(11-2)5-9(7)10/h3-6,12H,1H3. The van der Waals surface area contributed by atoms with Crippen molar-refractivity contribution in [1.82, 2.24) is 4.98 Å². The molecule has 1 heterocycles. The Morgan fingerprint density at radius 2 is 2.25 bits per heavy atom. The predicted molar refractivity (Wildman–Crippen MR) is 49.3 cm³/mol. The average molecular weight is 156 g/mol. The molecule has 58 valence electrons. The third-order valence-corrected chi connectivity index (χ3v) is 2.00. The van der Waals surface area contributed by atoms with Gasteiger partial charge >= 0.3 is 0 Å². The smallest absolute Gasteiger partial charge is 0.187 e. The Morgan fingerprint density at radius 1 is 1.42 bits per heavy atom. The quantitative estimate of drug-likeness (QED) is 0.566. The summed E-state index contributed by atoms with van der Waals surface area (Å²) in [5.74, 6) is 0. The van der Waals surface area contributed by atoms with Crippen LogP contribution in [0.5, 0.6) is 0 Å². The van der Waals surface area contributed by atoms with Gasteiger partial charge in [-0.25, -0.2) is 4.85 Å². The fourth-order valence-corrected chi connectivity index (χ4v) is 1.32. The van der Waals surface area contributed by atoms with Gasteiger partial charge in [-0.2, -0.15) is 0 Å². The molecular formula is C10H8N2. The number of hydrogen-bond acceptors (Lipinski definition) is 0. The van der Waals surface area contributed by atoms with Crippen LogP contribution in [0.15, 0.2) is 24.4 Å². The van der Waals surface area contributed by atoms with Crippen molar-refractivity contribution in [2.75, 3.05) is 0 Å². The number of fused-ring (bicyclic) bond motifs is 1. The zero-order valence-electron chi connectivity index (χ0n) is 6.76. The molecule has 0 saturated carbocycles. The van der Waals surface area contributed by atoms with Crippen LogP contribution in [0.4, 0.5) is 5.69 Å². The molecule has 1 aromatic heterocycles. The molecule has 0 atom stereocenters. The van der Waals surface area contributed by atoms with Crippen molar-refractivity contribution in [1.29, 1.82) is 0 Å². The number of nitrogens with one attached hydrogen (secondary N) is 1. The van der Waals surface area contributed by atoms with E-state index in [1.807, 2.05) is 31.3 Å². The van der Waals surface area contributed by atoms with Crippen LogP contribution in [-0.2, 0) is 0 Å². The molecule has 0 aliphatic carbocycles. The van der Waals surface area contributed by atoms with Crippen LogP contribution in [0.3, 0.4) is 0 Å². The highest BCUT2D eigenvalue weighted by Crippen LogP contribution is 2.22. The second-order valence-corrected chi connectivity index (χ2v) is 2.81. The van der Waals surface area contributed by atoms with Gasteiger partial charge in [0.25, 0.3) is 0 Å². The number of H-pyrrole nitrogens is 1. The van der Waals surface area contributed by atoms with Gasteiger partial charge in [0.15, 0.2) is 5.69 Å². The summed E-state index contributed by atoms with van der Waals surface area (Å²) in [6.45, 7) is 8.89. The molecule has 1 aromatic carbocycles. The number of aryl methyl sites for hydroxylation is 1. The van der Waals surface area contributed by atoms with Crippen LogP contribution < -0.4 is 0 Å². The first kappa shape index (κ1) is 6.93. The van der Waals surface area contributed by atoms with Gasteiger partial charge in [-0.3, -0.25) is 0 Å². The van der Waals surface area contributed by atoms with Crippen molar-refractivity contribution in [2.24, 2.45) is 0 Å². The van der Waals surface area contributed by atoms with E-state index in [-0.39, 0.29) is 0 Å². The van der Waals surface area contributed by atoms with E-state index in [2.05, 4.69) is 9.83 Å². The Balaban J connectivity index is 2.82. The monoisotopic (exact) mass is 156 g/mol. The minimum Gasteiger partial charge on any atom is -0.361 e. The van der Waals surface area contributed by atoms with Gasteiger partial charge in [0.2, 0.25) is 0 Å². The van der Waals surface area contributed by atoms with E-state index in [1.54, 1.807) is 0 Å². The molecule has 0 aliphatic heterocycles. The van der Waals surface area contributed by atoms with E-state index >= 15 is 0 Å². The van der Waals surface area contributed by atoms with Crippen molar-refractivity contribution >= 4 is 16.6 Å². The van der Waals surface area contributed by atoms with Crippen molar-refractivity contribution in [3.05, 3.63) is 41.4 Å². The maximum absolute atomic E-state index is 6.86. The minimum absolute atomic E-state index is 0.699. The molecule has 0 radical (unpaired) electrons. The topological polar surface area (TPSA) is 20.1 Å². The maximum atomic E-state index is 6.86. The summed E-state index contributed by atoms with van der Waals surface area (Å²) in [7, 11) is 0. The van der Waals surface area contributed by atoms with Crippen LogP contribution >= 0.6 is 0 Å². The lowest BCUT2D eigenvalue weighted by atomic mass is 10.2. The fraction of sp³-hybridized carbons (Fsp3) is 0.100. The van der Waals surface area contributed by atoms with Gasteiger partial charge in [-0.05, 0) is 30.0 Å². The number of aromatic nitrogens is 1. The molecule has 0 bridgehead atoms. The summed E-state index contributed by atoms with van der Waals surface area (Å²) in [6, 6.07) is 5.68. The molecule has 2 aromatic rings. The van der Waals surface area contributed by atoms with Gasteiger partial charge in [-0.1, -0.05) is 6.07 Å². The summed E-state index contributed by atoms with van der Waals surface area (Å²) < 4.78 is 0. The average Bonchev–Trinajstić information content (AvgIpc) is 2.47. The van der Waals surface area contributed by atoms with Crippen LogP contribution in [-0.4, -0.2) is 4.98 Å². The second kappa shape index (κ2) is 2.38. The number of aromatic amines is 1. The molecule has 0 unspecified atom stereocenters. The van der Waals surface area contributed by atoms with Gasteiger partial charge in [0.05, 0.1) is 6.57 Å². The number of hydrogen-bond donors (Lipinski definition) is 1. The highest BCUT2D eigenvalue weighted by molar-refractivity contribution is 5.86. The molecule has 1 N–H and O–H groups in total. The third-order valence-electron chi connectivity index (χ3n) is 2.00. The van der Waals surface area contributed by atoms with E-state index < -0.39 is 0 Å². The Morgan fingerprint density at radius 3 is 3.00 bits per heavy atom. The van der Waals surface area contributed by atoms with Crippen LogP contribution in [0.25, 0.3) is 15.7 Å². The van der Waals surface area contributed by atoms with Gasteiger partial charge < -0.3 is 4.98 Å². The zero-order chi connectivity index (χ0) is 8.55. The lowest BCUT2D eigenvalue weighted by Gasteiger charge is -1.91. The summed E-state index contributed by atoms with van der Waals surface area (Å²) in [6.07, 6.45) is 1.96. The molecule has 12 heavy (non-hydrogen) atoms. The molecule has 0 fully saturated rings. The fourth-order valence-electron chi connectivity index (χ4n) is 1.32. The van der Waals surface area contributed by atoms with E-state index in [0.717, 1.165) is 10.9 Å². The van der Waals surface area contributed by atoms with Gasteiger partial charge in [0, 0.05) is 11.7 Å². The number of benzene rings is 1. The van der Waals surface area contributed by atoms with Crippen molar-refractivity contribution in [3.8, 4) is 0 Å². The predicted octanol–water partition coefficient (Wildman–Crippen LogP) is 3.03. The lowest BCUT2D eigenvalue weighted by molar-refractivity contribution is 1.43.